The zero-order chi connectivity index (χ0) is 13.1. The molecule has 0 radical (unpaired) electrons. The molecule has 1 aromatic rings. The molecule has 0 saturated carbocycles. The largest absolute Gasteiger partial charge is 0.283 e. The predicted molar refractivity (Wildman–Crippen MR) is 73.3 cm³/mol. The summed E-state index contributed by atoms with van der Waals surface area (Å²) in [7, 11) is -3.33. The number of rotatable bonds is 5. The number of sulfonamides is 1. The van der Waals surface area contributed by atoms with Crippen molar-refractivity contribution in [1.82, 2.24) is 0 Å². The van der Waals surface area contributed by atoms with Crippen LogP contribution in [0.5, 0.6) is 0 Å². The van der Waals surface area contributed by atoms with Crippen molar-refractivity contribution >= 4 is 38.9 Å². The topological polar surface area (TPSA) is 46.2 Å². The Hall–Kier alpha value is -0.450. The molecule has 0 aliphatic heterocycles. The van der Waals surface area contributed by atoms with Crippen LogP contribution in [0.1, 0.15) is 20.3 Å². The van der Waals surface area contributed by atoms with E-state index in [2.05, 4.69) is 4.72 Å². The lowest BCUT2D eigenvalue weighted by atomic mass is 10.2. The van der Waals surface area contributed by atoms with Gasteiger partial charge in [-0.1, -0.05) is 37.0 Å². The highest BCUT2D eigenvalue weighted by molar-refractivity contribution is 7.92. The molecule has 1 aromatic carbocycles. The monoisotopic (exact) mass is 295 g/mol. The van der Waals surface area contributed by atoms with Crippen molar-refractivity contribution in [1.29, 1.82) is 0 Å². The first-order chi connectivity index (χ1) is 7.78. The van der Waals surface area contributed by atoms with Crippen LogP contribution in [-0.2, 0) is 10.0 Å². The van der Waals surface area contributed by atoms with Crippen LogP contribution in [0.4, 0.5) is 5.69 Å². The van der Waals surface area contributed by atoms with Gasteiger partial charge in [0, 0.05) is 10.0 Å². The minimum Gasteiger partial charge on any atom is -0.283 e. The van der Waals surface area contributed by atoms with Gasteiger partial charge in [0.25, 0.3) is 0 Å². The molecule has 17 heavy (non-hydrogen) atoms. The second-order valence-corrected chi connectivity index (χ2v) is 6.98. The Morgan fingerprint density at radius 1 is 1.18 bits per heavy atom. The molecule has 0 saturated heterocycles. The molecule has 1 rings (SSSR count). The van der Waals surface area contributed by atoms with Crippen molar-refractivity contribution in [2.45, 2.75) is 20.3 Å². The Morgan fingerprint density at radius 2 is 1.71 bits per heavy atom. The average molecular weight is 296 g/mol. The summed E-state index contributed by atoms with van der Waals surface area (Å²) in [5.41, 5.74) is 0.395. The molecular weight excluding hydrogens is 281 g/mol. The fourth-order valence-electron chi connectivity index (χ4n) is 1.23. The molecule has 1 N–H and O–H groups in total. The molecule has 96 valence electrons. The van der Waals surface area contributed by atoms with E-state index in [0.29, 0.717) is 28.1 Å². The smallest absolute Gasteiger partial charge is 0.232 e. The van der Waals surface area contributed by atoms with Gasteiger partial charge >= 0.3 is 0 Å². The van der Waals surface area contributed by atoms with Crippen molar-refractivity contribution < 1.29 is 8.42 Å². The molecule has 3 nitrogen and oxygen atoms in total. The lowest BCUT2D eigenvalue weighted by Gasteiger charge is -2.10. The van der Waals surface area contributed by atoms with Crippen molar-refractivity contribution in [2.75, 3.05) is 10.5 Å². The molecule has 0 bridgehead atoms. The highest BCUT2D eigenvalue weighted by Crippen LogP contribution is 2.23. The summed E-state index contributed by atoms with van der Waals surface area (Å²) < 4.78 is 25.9. The fraction of sp³-hybridized carbons (Fsp3) is 0.455. The van der Waals surface area contributed by atoms with Gasteiger partial charge in [0.15, 0.2) is 0 Å². The second-order valence-electron chi connectivity index (χ2n) is 4.26. The van der Waals surface area contributed by atoms with Gasteiger partial charge in [-0.15, -0.1) is 0 Å². The Bertz CT molecular complexity index is 466. The summed E-state index contributed by atoms with van der Waals surface area (Å²) in [6.45, 7) is 3.96. The normalized spacial score (nSPS) is 11.8. The van der Waals surface area contributed by atoms with Crippen LogP contribution in [0, 0.1) is 5.92 Å². The van der Waals surface area contributed by atoms with Crippen LogP contribution < -0.4 is 4.72 Å². The number of hydrogen-bond acceptors (Lipinski definition) is 2. The first-order valence-electron chi connectivity index (χ1n) is 5.25. The van der Waals surface area contributed by atoms with Crippen molar-refractivity contribution in [3.63, 3.8) is 0 Å². The van der Waals surface area contributed by atoms with E-state index in [4.69, 9.17) is 23.2 Å². The van der Waals surface area contributed by atoms with Crippen LogP contribution in [0.2, 0.25) is 10.0 Å². The summed E-state index contributed by atoms with van der Waals surface area (Å²) in [6.07, 6.45) is 0.615. The Labute approximate surface area is 112 Å². The molecular formula is C11H15Cl2NO2S. The lowest BCUT2D eigenvalue weighted by molar-refractivity contribution is 0.578. The van der Waals surface area contributed by atoms with Gasteiger partial charge in [-0.2, -0.15) is 0 Å². The van der Waals surface area contributed by atoms with Crippen molar-refractivity contribution in [3.8, 4) is 0 Å². The van der Waals surface area contributed by atoms with E-state index in [9.17, 15) is 8.42 Å². The van der Waals surface area contributed by atoms with Crippen LogP contribution in [0.3, 0.4) is 0 Å². The highest BCUT2D eigenvalue weighted by Gasteiger charge is 2.12. The Balaban J connectivity index is 2.76. The predicted octanol–water partition coefficient (Wildman–Crippen LogP) is 3.78. The summed E-state index contributed by atoms with van der Waals surface area (Å²) in [6, 6.07) is 4.61. The van der Waals surface area contributed by atoms with E-state index >= 15 is 0 Å². The van der Waals surface area contributed by atoms with Crippen molar-refractivity contribution in [3.05, 3.63) is 28.2 Å². The van der Waals surface area contributed by atoms with E-state index in [0.717, 1.165) is 0 Å². The maximum atomic E-state index is 11.7. The first kappa shape index (κ1) is 14.6. The number of nitrogens with one attached hydrogen (secondary N) is 1. The quantitative estimate of drug-likeness (QED) is 0.898. The van der Waals surface area contributed by atoms with Crippen LogP contribution in [0.25, 0.3) is 0 Å². The summed E-state index contributed by atoms with van der Waals surface area (Å²) in [5, 5.41) is 0.804. The minimum absolute atomic E-state index is 0.0921. The molecule has 0 aromatic heterocycles. The van der Waals surface area contributed by atoms with E-state index in [1.165, 1.54) is 12.1 Å². The number of hydrogen-bond donors (Lipinski definition) is 1. The van der Waals surface area contributed by atoms with Crippen LogP contribution in [-0.4, -0.2) is 14.2 Å². The summed E-state index contributed by atoms with van der Waals surface area (Å²) in [4.78, 5) is 0. The third-order valence-corrected chi connectivity index (χ3v) is 3.86. The average Bonchev–Trinajstić information content (AvgIpc) is 2.12. The highest BCUT2D eigenvalue weighted by atomic mass is 35.5. The van der Waals surface area contributed by atoms with E-state index in [-0.39, 0.29) is 5.75 Å². The molecule has 6 heteroatoms. The maximum absolute atomic E-state index is 11.7. The number of benzene rings is 1. The molecule has 0 atom stereocenters. The fourth-order valence-corrected chi connectivity index (χ4v) is 3.12. The zero-order valence-electron chi connectivity index (χ0n) is 9.70. The summed E-state index contributed by atoms with van der Waals surface area (Å²) >= 11 is 11.6. The summed E-state index contributed by atoms with van der Waals surface area (Å²) in [5.74, 6) is 0.434. The van der Waals surface area contributed by atoms with Crippen LogP contribution >= 0.6 is 23.2 Å². The standard InChI is InChI=1S/C11H15Cl2NO2S/c1-8(2)3-4-17(15,16)14-11-6-9(12)5-10(13)7-11/h5-8,14H,3-4H2,1-2H3. The third-order valence-electron chi connectivity index (χ3n) is 2.10. The maximum Gasteiger partial charge on any atom is 0.232 e. The van der Waals surface area contributed by atoms with Gasteiger partial charge in [0.1, 0.15) is 0 Å². The third kappa shape index (κ3) is 5.61. The molecule has 0 spiro atoms. The molecule has 0 aliphatic carbocycles. The first-order valence-corrected chi connectivity index (χ1v) is 7.66. The van der Waals surface area contributed by atoms with Gasteiger partial charge in [-0.25, -0.2) is 8.42 Å². The molecule has 0 unspecified atom stereocenters. The molecule has 0 aliphatic rings. The zero-order valence-corrected chi connectivity index (χ0v) is 12.0. The molecule has 0 heterocycles. The minimum atomic E-state index is -3.33. The Morgan fingerprint density at radius 3 is 2.18 bits per heavy atom. The second kappa shape index (κ2) is 5.94. The lowest BCUT2D eigenvalue weighted by Crippen LogP contribution is -2.17. The number of anilines is 1. The van der Waals surface area contributed by atoms with Crippen LogP contribution in [0.15, 0.2) is 18.2 Å². The molecule has 0 fully saturated rings. The number of halogens is 2. The van der Waals surface area contributed by atoms with Gasteiger partial charge in [-0.3, -0.25) is 4.72 Å². The van der Waals surface area contributed by atoms with E-state index in [1.54, 1.807) is 6.07 Å². The van der Waals surface area contributed by atoms with E-state index in [1.807, 2.05) is 13.8 Å². The SMILES string of the molecule is CC(C)CCS(=O)(=O)Nc1cc(Cl)cc(Cl)c1. The van der Waals surface area contributed by atoms with Crippen molar-refractivity contribution in [2.24, 2.45) is 5.92 Å². The van der Waals surface area contributed by atoms with Gasteiger partial charge in [0.2, 0.25) is 10.0 Å². The van der Waals surface area contributed by atoms with Gasteiger partial charge in [0.05, 0.1) is 11.4 Å². The van der Waals surface area contributed by atoms with E-state index < -0.39 is 10.0 Å². The van der Waals surface area contributed by atoms with Gasteiger partial charge in [-0.05, 0) is 30.5 Å². The van der Waals surface area contributed by atoms with Gasteiger partial charge < -0.3 is 0 Å². The Kier molecular flexibility index (Phi) is 5.10. The molecule has 0 amide bonds.